The molecule has 0 bridgehead atoms. The first kappa shape index (κ1) is 15.1. The van der Waals surface area contributed by atoms with Crippen LogP contribution in [-0.4, -0.2) is 22.6 Å². The van der Waals surface area contributed by atoms with Crippen molar-refractivity contribution in [2.24, 2.45) is 0 Å². The van der Waals surface area contributed by atoms with Crippen LogP contribution >= 0.6 is 0 Å². The van der Waals surface area contributed by atoms with Gasteiger partial charge in [0.05, 0.1) is 12.8 Å². The quantitative estimate of drug-likeness (QED) is 0.879. The second-order valence-corrected chi connectivity index (χ2v) is 6.27. The van der Waals surface area contributed by atoms with Crippen molar-refractivity contribution in [3.63, 3.8) is 0 Å². The van der Waals surface area contributed by atoms with Gasteiger partial charge in [0.1, 0.15) is 16.5 Å². The number of hydrogen-bond donors (Lipinski definition) is 1. The highest BCUT2D eigenvalue weighted by Gasteiger charge is 2.27. The van der Waals surface area contributed by atoms with E-state index < -0.39 is 15.8 Å². The molecule has 2 aromatic rings. The third kappa shape index (κ3) is 2.78. The largest absolute Gasteiger partial charge is 0.495 e. The number of nitrogens with zero attached hydrogens (tertiary/aromatic N) is 1. The molecule has 0 heterocycles. The molecule has 0 spiro atoms. The summed E-state index contributed by atoms with van der Waals surface area (Å²) in [6.07, 6.45) is 0. The number of hydrogen-bond acceptors (Lipinski definition) is 4. The lowest BCUT2D eigenvalue weighted by molar-refractivity contribution is 0.403. The molecule has 0 aliphatic rings. The number of nitrogen functional groups attached to an aromatic ring is 1. The highest BCUT2D eigenvalue weighted by atomic mass is 32.2. The van der Waals surface area contributed by atoms with Gasteiger partial charge in [-0.25, -0.2) is 12.8 Å². The van der Waals surface area contributed by atoms with Crippen molar-refractivity contribution in [2.45, 2.75) is 4.90 Å². The molecule has 0 fully saturated rings. The van der Waals surface area contributed by atoms with Crippen LogP contribution in [0, 0.1) is 5.82 Å². The van der Waals surface area contributed by atoms with Crippen molar-refractivity contribution in [1.82, 2.24) is 0 Å². The smallest absolute Gasteiger partial charge is 0.267 e. The summed E-state index contributed by atoms with van der Waals surface area (Å²) in [6, 6.07) is 9.88. The van der Waals surface area contributed by atoms with E-state index in [0.29, 0.717) is 0 Å². The van der Waals surface area contributed by atoms with Crippen LogP contribution in [0.25, 0.3) is 0 Å². The molecule has 5 nitrogen and oxygen atoms in total. The van der Waals surface area contributed by atoms with Gasteiger partial charge >= 0.3 is 0 Å². The molecular weight excluding hydrogens is 295 g/mol. The molecule has 7 heteroatoms. The van der Waals surface area contributed by atoms with Crippen LogP contribution in [0.3, 0.4) is 0 Å². The Morgan fingerprint density at radius 3 is 2.48 bits per heavy atom. The Bertz CT molecular complexity index is 763. The summed E-state index contributed by atoms with van der Waals surface area (Å²) in [4.78, 5) is -0.115. The summed E-state index contributed by atoms with van der Waals surface area (Å²) in [5.41, 5.74) is 5.86. The number of sulfonamides is 1. The lowest BCUT2D eigenvalue weighted by Crippen LogP contribution is -2.27. The molecule has 0 aromatic heterocycles. The zero-order chi connectivity index (χ0) is 15.6. The minimum atomic E-state index is -3.99. The predicted octanol–water partition coefficient (Wildman–Crippen LogP) is 2.24. The minimum Gasteiger partial charge on any atom is -0.495 e. The van der Waals surface area contributed by atoms with Crippen LogP contribution in [0.1, 0.15) is 0 Å². The molecule has 0 unspecified atom stereocenters. The second-order valence-electron chi connectivity index (χ2n) is 4.33. The van der Waals surface area contributed by atoms with Crippen LogP contribution in [0.4, 0.5) is 15.8 Å². The van der Waals surface area contributed by atoms with E-state index in [0.717, 1.165) is 4.31 Å². The topological polar surface area (TPSA) is 72.6 Å². The zero-order valence-electron chi connectivity index (χ0n) is 11.6. The van der Waals surface area contributed by atoms with Crippen molar-refractivity contribution in [3.8, 4) is 5.75 Å². The first-order valence-corrected chi connectivity index (χ1v) is 7.49. The predicted molar refractivity (Wildman–Crippen MR) is 79.4 cm³/mol. The van der Waals surface area contributed by atoms with E-state index in [-0.39, 0.29) is 22.0 Å². The van der Waals surface area contributed by atoms with Crippen LogP contribution in [-0.2, 0) is 10.0 Å². The monoisotopic (exact) mass is 310 g/mol. The van der Waals surface area contributed by atoms with Gasteiger partial charge in [0.15, 0.2) is 0 Å². The fourth-order valence-corrected chi connectivity index (χ4v) is 3.27. The van der Waals surface area contributed by atoms with Crippen LogP contribution in [0.2, 0.25) is 0 Å². The highest BCUT2D eigenvalue weighted by Crippen LogP contribution is 2.31. The van der Waals surface area contributed by atoms with Gasteiger partial charge in [0, 0.05) is 12.7 Å². The molecule has 2 rings (SSSR count). The number of benzene rings is 2. The molecule has 0 amide bonds. The normalized spacial score (nSPS) is 11.2. The molecular formula is C14H15FN2O3S. The average Bonchev–Trinajstić information content (AvgIpc) is 2.47. The molecule has 0 saturated heterocycles. The maximum Gasteiger partial charge on any atom is 0.267 e. The standard InChI is InChI=1S/C14H15FN2O3S/c1-17(12-6-4-3-5-11(12)15)21(18,19)14-9-10(16)7-8-13(14)20-2/h3-9H,16H2,1-2H3. The molecule has 2 aromatic carbocycles. The molecule has 2 N–H and O–H groups in total. The number of rotatable bonds is 4. The minimum absolute atomic E-state index is 0.0537. The number of ether oxygens (including phenoxy) is 1. The number of methoxy groups -OCH3 is 1. The number of para-hydroxylation sites is 1. The molecule has 0 atom stereocenters. The van der Waals surface area contributed by atoms with Gasteiger partial charge in [-0.1, -0.05) is 12.1 Å². The second kappa shape index (κ2) is 5.61. The first-order valence-electron chi connectivity index (χ1n) is 6.05. The summed E-state index contributed by atoms with van der Waals surface area (Å²) >= 11 is 0. The summed E-state index contributed by atoms with van der Waals surface area (Å²) in [6.45, 7) is 0. The van der Waals surface area contributed by atoms with Crippen LogP contribution in [0.15, 0.2) is 47.4 Å². The highest BCUT2D eigenvalue weighted by molar-refractivity contribution is 7.93. The van der Waals surface area contributed by atoms with Crippen molar-refractivity contribution in [2.75, 3.05) is 24.2 Å². The lowest BCUT2D eigenvalue weighted by atomic mass is 10.3. The Balaban J connectivity index is 2.57. The summed E-state index contributed by atoms with van der Waals surface area (Å²) in [7, 11) is -1.36. The zero-order valence-corrected chi connectivity index (χ0v) is 12.4. The lowest BCUT2D eigenvalue weighted by Gasteiger charge is -2.21. The van der Waals surface area contributed by atoms with Crippen molar-refractivity contribution >= 4 is 21.4 Å². The summed E-state index contributed by atoms with van der Waals surface area (Å²) in [5, 5.41) is 0. The van der Waals surface area contributed by atoms with Crippen LogP contribution in [0.5, 0.6) is 5.75 Å². The maximum absolute atomic E-state index is 13.8. The number of halogens is 1. The van der Waals surface area contributed by atoms with Gasteiger partial charge in [-0.2, -0.15) is 0 Å². The van der Waals surface area contributed by atoms with Gasteiger partial charge in [-0.05, 0) is 30.3 Å². The first-order chi connectivity index (χ1) is 9.87. The fraction of sp³-hybridized carbons (Fsp3) is 0.143. The SMILES string of the molecule is COc1ccc(N)cc1S(=O)(=O)N(C)c1ccccc1F. The van der Waals surface area contributed by atoms with Gasteiger partial charge < -0.3 is 10.5 Å². The number of nitrogens with two attached hydrogens (primary N) is 1. The number of anilines is 2. The van der Waals surface area contributed by atoms with Crippen molar-refractivity contribution in [3.05, 3.63) is 48.3 Å². The van der Waals surface area contributed by atoms with E-state index in [4.69, 9.17) is 10.5 Å². The Morgan fingerprint density at radius 2 is 1.86 bits per heavy atom. The summed E-state index contributed by atoms with van der Waals surface area (Å²) in [5.74, 6) is -0.487. The third-order valence-corrected chi connectivity index (χ3v) is 4.81. The molecule has 0 saturated carbocycles. The van der Waals surface area contributed by atoms with Crippen LogP contribution < -0.4 is 14.8 Å². The Hall–Kier alpha value is -2.28. The van der Waals surface area contributed by atoms with Gasteiger partial charge in [0.25, 0.3) is 10.0 Å². The average molecular weight is 310 g/mol. The molecule has 0 aliphatic carbocycles. The Kier molecular flexibility index (Phi) is 4.04. The third-order valence-electron chi connectivity index (χ3n) is 3.02. The maximum atomic E-state index is 13.8. The molecule has 21 heavy (non-hydrogen) atoms. The van der Waals surface area contributed by atoms with Gasteiger partial charge in [-0.15, -0.1) is 0 Å². The molecule has 0 radical (unpaired) electrons. The molecule has 112 valence electrons. The van der Waals surface area contributed by atoms with Gasteiger partial charge in [-0.3, -0.25) is 4.31 Å². The Morgan fingerprint density at radius 1 is 1.19 bits per heavy atom. The van der Waals surface area contributed by atoms with E-state index in [1.807, 2.05) is 0 Å². The van der Waals surface area contributed by atoms with Crippen molar-refractivity contribution in [1.29, 1.82) is 0 Å². The van der Waals surface area contributed by atoms with E-state index in [9.17, 15) is 12.8 Å². The van der Waals surface area contributed by atoms with Crippen molar-refractivity contribution < 1.29 is 17.5 Å². The van der Waals surface area contributed by atoms with E-state index in [1.165, 1.54) is 50.6 Å². The Labute approximate surface area is 122 Å². The summed E-state index contributed by atoms with van der Waals surface area (Å²) < 4.78 is 45.0. The van der Waals surface area contributed by atoms with E-state index in [1.54, 1.807) is 6.07 Å². The fourth-order valence-electron chi connectivity index (χ4n) is 1.88. The van der Waals surface area contributed by atoms with E-state index >= 15 is 0 Å². The van der Waals surface area contributed by atoms with Gasteiger partial charge in [0.2, 0.25) is 0 Å². The van der Waals surface area contributed by atoms with E-state index in [2.05, 4.69) is 0 Å². The molecule has 0 aliphatic heterocycles.